The molecular formula is C10H18N2O. The number of rotatable bonds is 5. The van der Waals surface area contributed by atoms with Gasteiger partial charge >= 0.3 is 0 Å². The second-order valence-corrected chi connectivity index (χ2v) is 3.41. The molecular weight excluding hydrogens is 164 g/mol. The van der Waals surface area contributed by atoms with Crippen LogP contribution in [0.2, 0.25) is 0 Å². The third-order valence-electron chi connectivity index (χ3n) is 2.32. The molecule has 0 atom stereocenters. The summed E-state index contributed by atoms with van der Waals surface area (Å²) in [6.45, 7) is 5.00. The van der Waals surface area contributed by atoms with E-state index in [1.54, 1.807) is 0 Å². The van der Waals surface area contributed by atoms with Crippen molar-refractivity contribution in [2.75, 3.05) is 19.6 Å². The van der Waals surface area contributed by atoms with Gasteiger partial charge in [-0.15, -0.1) is 0 Å². The fourth-order valence-electron chi connectivity index (χ4n) is 1.56. The highest BCUT2D eigenvalue weighted by atomic mass is 16.1. The summed E-state index contributed by atoms with van der Waals surface area (Å²) in [5.41, 5.74) is 0. The molecule has 13 heavy (non-hydrogen) atoms. The zero-order chi connectivity index (χ0) is 9.52. The molecule has 0 aromatic carbocycles. The fourth-order valence-corrected chi connectivity index (χ4v) is 1.56. The summed E-state index contributed by atoms with van der Waals surface area (Å²) in [4.78, 5) is 16.9. The van der Waals surface area contributed by atoms with Gasteiger partial charge in [0.1, 0.15) is 0 Å². The molecule has 0 aliphatic carbocycles. The highest BCUT2D eigenvalue weighted by Crippen LogP contribution is 2.04. The summed E-state index contributed by atoms with van der Waals surface area (Å²) in [5, 5.41) is 0. The molecule has 0 bridgehead atoms. The second-order valence-electron chi connectivity index (χ2n) is 3.41. The molecule has 0 unspecified atom stereocenters. The number of carbonyl (C=O) groups excluding carboxylic acids is 1. The molecule has 0 amide bonds. The molecule has 1 aliphatic heterocycles. The van der Waals surface area contributed by atoms with E-state index in [9.17, 15) is 4.79 Å². The minimum absolute atomic E-state index is 0.655. The predicted octanol–water partition coefficient (Wildman–Crippen LogP) is 1.48. The van der Waals surface area contributed by atoms with Gasteiger partial charge in [-0.25, -0.2) is 0 Å². The van der Waals surface area contributed by atoms with Crippen molar-refractivity contribution in [1.82, 2.24) is 4.90 Å². The maximum absolute atomic E-state index is 10.6. The van der Waals surface area contributed by atoms with Crippen molar-refractivity contribution in [3.63, 3.8) is 0 Å². The van der Waals surface area contributed by atoms with Crippen molar-refractivity contribution in [2.24, 2.45) is 4.99 Å². The number of nitrogens with zero attached hydrogens (tertiary/aromatic N) is 2. The molecule has 1 rings (SSSR count). The Morgan fingerprint density at radius 2 is 2.38 bits per heavy atom. The average Bonchev–Trinajstić information content (AvgIpc) is 2.19. The van der Waals surface area contributed by atoms with Crippen molar-refractivity contribution in [2.45, 2.75) is 32.6 Å². The molecule has 0 N–H and O–H groups in total. The number of amidine groups is 1. The van der Waals surface area contributed by atoms with Gasteiger partial charge in [-0.2, -0.15) is 0 Å². The SMILES string of the molecule is CCCCCN1CCCN=C1C=O. The highest BCUT2D eigenvalue weighted by molar-refractivity contribution is 6.27. The lowest BCUT2D eigenvalue weighted by atomic mass is 10.2. The van der Waals surface area contributed by atoms with Gasteiger partial charge in [0.25, 0.3) is 0 Å². The molecule has 0 radical (unpaired) electrons. The van der Waals surface area contributed by atoms with Crippen LogP contribution in [0.4, 0.5) is 0 Å². The molecule has 0 spiro atoms. The second kappa shape index (κ2) is 5.73. The van der Waals surface area contributed by atoms with Crippen LogP contribution in [0.3, 0.4) is 0 Å². The summed E-state index contributed by atoms with van der Waals surface area (Å²) in [7, 11) is 0. The number of unbranched alkanes of at least 4 members (excludes halogenated alkanes) is 2. The van der Waals surface area contributed by atoms with Gasteiger partial charge in [0, 0.05) is 19.6 Å². The Balaban J connectivity index is 2.34. The Morgan fingerprint density at radius 1 is 1.54 bits per heavy atom. The molecule has 1 heterocycles. The monoisotopic (exact) mass is 182 g/mol. The standard InChI is InChI=1S/C10H18N2O/c1-2-3-4-7-12-8-5-6-11-10(12)9-13/h9H,2-8H2,1H3. The third-order valence-corrected chi connectivity index (χ3v) is 2.32. The minimum Gasteiger partial charge on any atom is -0.354 e. The summed E-state index contributed by atoms with van der Waals surface area (Å²) < 4.78 is 0. The topological polar surface area (TPSA) is 32.7 Å². The van der Waals surface area contributed by atoms with Crippen molar-refractivity contribution in [1.29, 1.82) is 0 Å². The molecule has 3 nitrogen and oxygen atoms in total. The number of carbonyl (C=O) groups is 1. The number of aldehydes is 1. The molecule has 0 aromatic rings. The molecule has 3 heteroatoms. The zero-order valence-corrected chi connectivity index (χ0v) is 8.33. The van der Waals surface area contributed by atoms with Crippen LogP contribution in [0.15, 0.2) is 4.99 Å². The number of aliphatic imine (C=N–C) groups is 1. The Labute approximate surface area is 79.8 Å². The van der Waals surface area contributed by atoms with Crippen molar-refractivity contribution < 1.29 is 4.79 Å². The van der Waals surface area contributed by atoms with Gasteiger partial charge in [-0.3, -0.25) is 9.79 Å². The van der Waals surface area contributed by atoms with Crippen molar-refractivity contribution >= 4 is 12.1 Å². The van der Waals surface area contributed by atoms with E-state index in [1.165, 1.54) is 19.3 Å². The fraction of sp³-hybridized carbons (Fsp3) is 0.800. The Morgan fingerprint density at radius 3 is 3.08 bits per heavy atom. The van der Waals surface area contributed by atoms with Crippen LogP contribution in [-0.4, -0.2) is 36.7 Å². The lowest BCUT2D eigenvalue weighted by molar-refractivity contribution is -0.103. The van der Waals surface area contributed by atoms with Crippen LogP contribution in [0.1, 0.15) is 32.6 Å². The number of hydrogen-bond donors (Lipinski definition) is 0. The normalized spacial score (nSPS) is 17.0. The molecule has 0 aromatic heterocycles. The maximum atomic E-state index is 10.6. The van der Waals surface area contributed by atoms with E-state index in [-0.39, 0.29) is 0 Å². The minimum atomic E-state index is 0.655. The summed E-state index contributed by atoms with van der Waals surface area (Å²) >= 11 is 0. The predicted molar refractivity (Wildman–Crippen MR) is 54.1 cm³/mol. The van der Waals surface area contributed by atoms with Crippen LogP contribution >= 0.6 is 0 Å². The van der Waals surface area contributed by atoms with E-state index in [2.05, 4.69) is 16.8 Å². The first-order valence-electron chi connectivity index (χ1n) is 5.13. The van der Waals surface area contributed by atoms with Crippen LogP contribution in [0, 0.1) is 0 Å². The van der Waals surface area contributed by atoms with Gasteiger partial charge in [0.15, 0.2) is 12.1 Å². The first kappa shape index (κ1) is 10.2. The van der Waals surface area contributed by atoms with Crippen LogP contribution in [0.5, 0.6) is 0 Å². The van der Waals surface area contributed by atoms with Gasteiger partial charge in [-0.1, -0.05) is 19.8 Å². The largest absolute Gasteiger partial charge is 0.354 e. The zero-order valence-electron chi connectivity index (χ0n) is 8.33. The molecule has 0 saturated carbocycles. The van der Waals surface area contributed by atoms with E-state index < -0.39 is 0 Å². The van der Waals surface area contributed by atoms with Crippen LogP contribution in [0.25, 0.3) is 0 Å². The first-order chi connectivity index (χ1) is 6.38. The van der Waals surface area contributed by atoms with Gasteiger partial charge in [-0.05, 0) is 12.8 Å². The summed E-state index contributed by atoms with van der Waals surface area (Å²) in [5.74, 6) is 0.655. The van der Waals surface area contributed by atoms with E-state index in [0.29, 0.717) is 5.84 Å². The third kappa shape index (κ3) is 3.17. The van der Waals surface area contributed by atoms with Crippen molar-refractivity contribution in [3.05, 3.63) is 0 Å². The lowest BCUT2D eigenvalue weighted by Crippen LogP contribution is -2.37. The Hall–Kier alpha value is -0.860. The van der Waals surface area contributed by atoms with E-state index in [4.69, 9.17) is 0 Å². The molecule has 74 valence electrons. The quantitative estimate of drug-likeness (QED) is 0.476. The Kier molecular flexibility index (Phi) is 4.50. The van der Waals surface area contributed by atoms with Crippen molar-refractivity contribution in [3.8, 4) is 0 Å². The van der Waals surface area contributed by atoms with Gasteiger partial charge in [0.05, 0.1) is 0 Å². The highest BCUT2D eigenvalue weighted by Gasteiger charge is 2.12. The summed E-state index contributed by atoms with van der Waals surface area (Å²) in [6.07, 6.45) is 5.60. The number of hydrogen-bond acceptors (Lipinski definition) is 3. The summed E-state index contributed by atoms with van der Waals surface area (Å²) in [6, 6.07) is 0. The van der Waals surface area contributed by atoms with Gasteiger partial charge in [0.2, 0.25) is 0 Å². The van der Waals surface area contributed by atoms with Gasteiger partial charge < -0.3 is 4.90 Å². The smallest absolute Gasteiger partial charge is 0.184 e. The van der Waals surface area contributed by atoms with E-state index in [1.807, 2.05) is 0 Å². The Bertz CT molecular complexity index is 189. The molecule has 0 fully saturated rings. The maximum Gasteiger partial charge on any atom is 0.184 e. The average molecular weight is 182 g/mol. The van der Waals surface area contributed by atoms with Crippen LogP contribution < -0.4 is 0 Å². The lowest BCUT2D eigenvalue weighted by Gasteiger charge is -2.26. The molecule has 1 aliphatic rings. The first-order valence-corrected chi connectivity index (χ1v) is 5.13. The van der Waals surface area contributed by atoms with E-state index >= 15 is 0 Å². The van der Waals surface area contributed by atoms with Crippen LogP contribution in [-0.2, 0) is 4.79 Å². The van der Waals surface area contributed by atoms with E-state index in [0.717, 1.165) is 32.3 Å². The molecule has 0 saturated heterocycles.